The summed E-state index contributed by atoms with van der Waals surface area (Å²) < 4.78 is 6.47. The van der Waals surface area contributed by atoms with E-state index in [2.05, 4.69) is 26.5 Å². The third-order valence-electron chi connectivity index (χ3n) is 3.65. The zero-order valence-corrected chi connectivity index (χ0v) is 15.5. The molecule has 0 spiro atoms. The van der Waals surface area contributed by atoms with Crippen LogP contribution in [-0.4, -0.2) is 23.7 Å². The van der Waals surface area contributed by atoms with Gasteiger partial charge in [0.15, 0.2) is 6.61 Å². The van der Waals surface area contributed by atoms with E-state index in [1.807, 2.05) is 30.3 Å². The van der Waals surface area contributed by atoms with Crippen molar-refractivity contribution >= 4 is 44.5 Å². The van der Waals surface area contributed by atoms with Gasteiger partial charge in [-0.15, -0.1) is 0 Å². The summed E-state index contributed by atoms with van der Waals surface area (Å²) in [5.41, 5.74) is 2.97. The van der Waals surface area contributed by atoms with Gasteiger partial charge >= 0.3 is 0 Å². The number of nitro benzene ring substituents is 1. The normalized spacial score (nSPS) is 10.9. The molecule has 7 nitrogen and oxygen atoms in total. The summed E-state index contributed by atoms with van der Waals surface area (Å²) >= 11 is 3.42. The summed E-state index contributed by atoms with van der Waals surface area (Å²) in [4.78, 5) is 21.9. The first kappa shape index (κ1) is 18.5. The summed E-state index contributed by atoms with van der Waals surface area (Å²) in [7, 11) is 0. The Kier molecular flexibility index (Phi) is 5.77. The van der Waals surface area contributed by atoms with E-state index in [9.17, 15) is 14.9 Å². The molecule has 1 amide bonds. The van der Waals surface area contributed by atoms with Crippen molar-refractivity contribution in [3.05, 3.63) is 80.8 Å². The maximum absolute atomic E-state index is 11.8. The number of rotatable bonds is 6. The maximum atomic E-state index is 11.8. The summed E-state index contributed by atoms with van der Waals surface area (Å²) in [6.45, 7) is -0.181. The fourth-order valence-electron chi connectivity index (χ4n) is 2.33. The van der Waals surface area contributed by atoms with Crippen LogP contribution in [0.2, 0.25) is 0 Å². The molecule has 3 aromatic rings. The van der Waals surface area contributed by atoms with E-state index in [0.29, 0.717) is 11.3 Å². The summed E-state index contributed by atoms with van der Waals surface area (Å²) in [6.07, 6.45) is 1.40. The van der Waals surface area contributed by atoms with Crippen molar-refractivity contribution in [2.75, 3.05) is 6.61 Å². The van der Waals surface area contributed by atoms with Crippen LogP contribution in [0.5, 0.6) is 5.75 Å². The van der Waals surface area contributed by atoms with Gasteiger partial charge in [-0.3, -0.25) is 14.9 Å². The average Bonchev–Trinajstić information content (AvgIpc) is 2.66. The fraction of sp³-hybridized carbons (Fsp3) is 0.0526. The molecule has 0 saturated heterocycles. The van der Waals surface area contributed by atoms with Crippen LogP contribution in [0.3, 0.4) is 0 Å². The van der Waals surface area contributed by atoms with Gasteiger partial charge in [0, 0.05) is 16.6 Å². The maximum Gasteiger partial charge on any atom is 0.277 e. The Bertz CT molecular complexity index is 1020. The van der Waals surface area contributed by atoms with Gasteiger partial charge in [0.05, 0.1) is 11.1 Å². The molecule has 0 bridgehead atoms. The van der Waals surface area contributed by atoms with E-state index in [-0.39, 0.29) is 12.3 Å². The number of carbonyl (C=O) groups is 1. The third-order valence-corrected chi connectivity index (χ3v) is 4.14. The van der Waals surface area contributed by atoms with Crippen molar-refractivity contribution < 1.29 is 14.5 Å². The van der Waals surface area contributed by atoms with Crippen molar-refractivity contribution in [3.63, 3.8) is 0 Å². The third kappa shape index (κ3) is 5.11. The number of fused-ring (bicyclic) bond motifs is 1. The number of hydrogen-bond acceptors (Lipinski definition) is 5. The van der Waals surface area contributed by atoms with E-state index in [1.54, 1.807) is 6.07 Å². The molecule has 1 N–H and O–H groups in total. The highest BCUT2D eigenvalue weighted by Crippen LogP contribution is 2.24. The lowest BCUT2D eigenvalue weighted by atomic mass is 10.1. The second-order valence-corrected chi connectivity index (χ2v) is 6.50. The summed E-state index contributed by atoms with van der Waals surface area (Å²) in [5, 5.41) is 16.5. The SMILES string of the molecule is O=C(COc1ccc2cc(Br)ccc2c1)NN=Cc1ccc([N+](=O)[O-])cc1. The predicted octanol–water partition coefficient (Wildman–Crippen LogP) is 4.04. The molecule has 0 saturated carbocycles. The Morgan fingerprint density at radius 3 is 2.56 bits per heavy atom. The molecular formula is C19H14BrN3O4. The Morgan fingerprint density at radius 1 is 1.11 bits per heavy atom. The molecule has 0 aromatic heterocycles. The minimum atomic E-state index is -0.480. The Morgan fingerprint density at radius 2 is 1.81 bits per heavy atom. The van der Waals surface area contributed by atoms with E-state index in [1.165, 1.54) is 30.5 Å². The van der Waals surface area contributed by atoms with Gasteiger partial charge in [-0.1, -0.05) is 28.1 Å². The van der Waals surface area contributed by atoms with Crippen LogP contribution in [0.15, 0.2) is 70.2 Å². The van der Waals surface area contributed by atoms with E-state index in [0.717, 1.165) is 15.2 Å². The number of nitro groups is 1. The van der Waals surface area contributed by atoms with E-state index >= 15 is 0 Å². The van der Waals surface area contributed by atoms with Crippen molar-refractivity contribution in [2.24, 2.45) is 5.10 Å². The lowest BCUT2D eigenvalue weighted by Crippen LogP contribution is -2.24. The zero-order valence-electron chi connectivity index (χ0n) is 14.0. The molecule has 136 valence electrons. The van der Waals surface area contributed by atoms with Crippen molar-refractivity contribution in [1.82, 2.24) is 5.43 Å². The van der Waals surface area contributed by atoms with Gasteiger partial charge in [0.2, 0.25) is 0 Å². The van der Waals surface area contributed by atoms with E-state index in [4.69, 9.17) is 4.74 Å². The average molecular weight is 428 g/mol. The number of non-ortho nitro benzene ring substituents is 1. The second kappa shape index (κ2) is 8.41. The van der Waals surface area contributed by atoms with Crippen LogP contribution in [-0.2, 0) is 4.79 Å². The first-order chi connectivity index (χ1) is 13.0. The lowest BCUT2D eigenvalue weighted by Gasteiger charge is -2.06. The van der Waals surface area contributed by atoms with Gasteiger partial charge in [0.25, 0.3) is 11.6 Å². The molecule has 0 heterocycles. The highest BCUT2D eigenvalue weighted by molar-refractivity contribution is 9.10. The van der Waals surface area contributed by atoms with Crippen LogP contribution in [0, 0.1) is 10.1 Å². The molecule has 27 heavy (non-hydrogen) atoms. The number of hydrazone groups is 1. The van der Waals surface area contributed by atoms with Crippen LogP contribution in [0.4, 0.5) is 5.69 Å². The minimum Gasteiger partial charge on any atom is -0.484 e. The molecule has 0 aliphatic heterocycles. The Labute approximate surface area is 162 Å². The standard InChI is InChI=1S/C19H14BrN3O4/c20-16-5-3-15-10-18(8-4-14(15)9-16)27-12-19(24)22-21-11-13-1-6-17(7-2-13)23(25)26/h1-11H,12H2,(H,22,24). The van der Waals surface area contributed by atoms with Crippen LogP contribution < -0.4 is 10.2 Å². The largest absolute Gasteiger partial charge is 0.484 e. The smallest absolute Gasteiger partial charge is 0.277 e. The minimum absolute atomic E-state index is 0.00710. The number of ether oxygens (including phenoxy) is 1. The first-order valence-electron chi connectivity index (χ1n) is 7.90. The fourth-order valence-corrected chi connectivity index (χ4v) is 2.71. The number of nitrogens with zero attached hydrogens (tertiary/aromatic N) is 2. The van der Waals surface area contributed by atoms with Crippen LogP contribution in [0.1, 0.15) is 5.56 Å². The summed E-state index contributed by atoms with van der Waals surface area (Å²) in [6, 6.07) is 17.3. The van der Waals surface area contributed by atoms with Crippen molar-refractivity contribution in [1.29, 1.82) is 0 Å². The molecule has 8 heteroatoms. The molecule has 0 aliphatic rings. The quantitative estimate of drug-likeness (QED) is 0.364. The number of carbonyl (C=O) groups excluding carboxylic acids is 1. The number of nitrogens with one attached hydrogen (secondary N) is 1. The zero-order chi connectivity index (χ0) is 19.2. The number of hydrogen-bond donors (Lipinski definition) is 1. The monoisotopic (exact) mass is 427 g/mol. The molecule has 3 rings (SSSR count). The molecule has 0 atom stereocenters. The molecular weight excluding hydrogens is 414 g/mol. The van der Waals surface area contributed by atoms with E-state index < -0.39 is 10.8 Å². The molecule has 0 radical (unpaired) electrons. The topological polar surface area (TPSA) is 93.8 Å². The first-order valence-corrected chi connectivity index (χ1v) is 8.69. The lowest BCUT2D eigenvalue weighted by molar-refractivity contribution is -0.384. The molecule has 0 aliphatic carbocycles. The Hall–Kier alpha value is -3.26. The van der Waals surface area contributed by atoms with Gasteiger partial charge < -0.3 is 4.74 Å². The number of halogens is 1. The molecule has 0 fully saturated rings. The highest BCUT2D eigenvalue weighted by Gasteiger charge is 2.04. The van der Waals surface area contributed by atoms with Crippen LogP contribution in [0.25, 0.3) is 10.8 Å². The van der Waals surface area contributed by atoms with Gasteiger partial charge in [-0.2, -0.15) is 5.10 Å². The van der Waals surface area contributed by atoms with Gasteiger partial charge in [-0.25, -0.2) is 5.43 Å². The Balaban J connectivity index is 1.52. The summed E-state index contributed by atoms with van der Waals surface area (Å²) in [5.74, 6) is 0.170. The molecule has 3 aromatic carbocycles. The van der Waals surface area contributed by atoms with Gasteiger partial charge in [0.1, 0.15) is 5.75 Å². The van der Waals surface area contributed by atoms with Crippen molar-refractivity contribution in [2.45, 2.75) is 0 Å². The highest BCUT2D eigenvalue weighted by atomic mass is 79.9. The van der Waals surface area contributed by atoms with Crippen LogP contribution >= 0.6 is 15.9 Å². The second-order valence-electron chi connectivity index (χ2n) is 5.58. The molecule has 0 unspecified atom stereocenters. The predicted molar refractivity (Wildman–Crippen MR) is 106 cm³/mol. The van der Waals surface area contributed by atoms with Gasteiger partial charge in [-0.05, 0) is 52.7 Å². The van der Waals surface area contributed by atoms with Crippen molar-refractivity contribution in [3.8, 4) is 5.75 Å². The number of benzene rings is 3. The number of amides is 1.